The number of carbonyl (C=O) groups excluding carboxylic acids is 2. The standard InChI is InChI=1S/C23H36N2O3/c1-4-20(24-22(26)16-10-13-18-11-6-5-7-12-18)19-14-8-9-15-21(19)28-17-23(27)25(2)3/h8-9,14-15,18,20H,4-7,10-13,16-17H2,1-3H3,(H,24,26). The maximum atomic E-state index is 12.5. The van der Waals surface area contributed by atoms with E-state index < -0.39 is 0 Å². The van der Waals surface area contributed by atoms with Crippen molar-refractivity contribution in [3.63, 3.8) is 0 Å². The van der Waals surface area contributed by atoms with Crippen LogP contribution in [0.1, 0.15) is 76.3 Å². The third-order valence-corrected chi connectivity index (χ3v) is 5.63. The van der Waals surface area contributed by atoms with Crippen LogP contribution in [0.4, 0.5) is 0 Å². The Balaban J connectivity index is 1.87. The number of rotatable bonds is 10. The normalized spacial score (nSPS) is 15.7. The smallest absolute Gasteiger partial charge is 0.259 e. The van der Waals surface area contributed by atoms with E-state index in [9.17, 15) is 9.59 Å². The van der Waals surface area contributed by atoms with E-state index in [1.165, 1.54) is 37.0 Å². The second-order valence-corrected chi connectivity index (χ2v) is 8.04. The van der Waals surface area contributed by atoms with Gasteiger partial charge >= 0.3 is 0 Å². The quantitative estimate of drug-likeness (QED) is 0.643. The molecule has 1 unspecified atom stereocenters. The van der Waals surface area contributed by atoms with E-state index in [1.807, 2.05) is 24.3 Å². The van der Waals surface area contributed by atoms with E-state index in [4.69, 9.17) is 4.74 Å². The molecule has 1 N–H and O–H groups in total. The van der Waals surface area contributed by atoms with Crippen molar-refractivity contribution in [3.05, 3.63) is 29.8 Å². The molecule has 1 aromatic rings. The van der Waals surface area contributed by atoms with Crippen molar-refractivity contribution >= 4 is 11.8 Å². The molecule has 2 amide bonds. The molecule has 1 aliphatic rings. The topological polar surface area (TPSA) is 58.6 Å². The number of hydrogen-bond donors (Lipinski definition) is 1. The molecule has 5 nitrogen and oxygen atoms in total. The highest BCUT2D eigenvalue weighted by Gasteiger charge is 2.18. The third-order valence-electron chi connectivity index (χ3n) is 5.63. The molecule has 2 rings (SSSR count). The van der Waals surface area contributed by atoms with Gasteiger partial charge in [0.15, 0.2) is 6.61 Å². The minimum atomic E-state index is -0.104. The Morgan fingerprint density at radius 2 is 1.89 bits per heavy atom. The summed E-state index contributed by atoms with van der Waals surface area (Å²) in [6.45, 7) is 2.05. The molecule has 0 heterocycles. The minimum Gasteiger partial charge on any atom is -0.483 e. The first kappa shape index (κ1) is 22.3. The molecule has 1 atom stereocenters. The zero-order valence-corrected chi connectivity index (χ0v) is 17.7. The fourth-order valence-electron chi connectivity index (χ4n) is 3.86. The van der Waals surface area contributed by atoms with Crippen molar-refractivity contribution in [2.75, 3.05) is 20.7 Å². The lowest BCUT2D eigenvalue weighted by atomic mass is 9.86. The zero-order chi connectivity index (χ0) is 20.4. The van der Waals surface area contributed by atoms with E-state index in [1.54, 1.807) is 14.1 Å². The monoisotopic (exact) mass is 388 g/mol. The lowest BCUT2D eigenvalue weighted by molar-refractivity contribution is -0.130. The first-order valence-corrected chi connectivity index (χ1v) is 10.7. The molecule has 0 aromatic heterocycles. The molecule has 0 saturated heterocycles. The molecule has 1 aliphatic carbocycles. The Morgan fingerprint density at radius 1 is 1.18 bits per heavy atom. The van der Waals surface area contributed by atoms with Crippen LogP contribution in [0.25, 0.3) is 0 Å². The summed E-state index contributed by atoms with van der Waals surface area (Å²) in [6, 6.07) is 7.54. The van der Waals surface area contributed by atoms with Gasteiger partial charge in [0.1, 0.15) is 5.75 Å². The summed E-state index contributed by atoms with van der Waals surface area (Å²) in [4.78, 5) is 25.8. The molecule has 0 spiro atoms. The van der Waals surface area contributed by atoms with Crippen molar-refractivity contribution < 1.29 is 14.3 Å². The van der Waals surface area contributed by atoms with Crippen molar-refractivity contribution in [2.24, 2.45) is 5.92 Å². The second-order valence-electron chi connectivity index (χ2n) is 8.04. The maximum absolute atomic E-state index is 12.5. The fraction of sp³-hybridized carbons (Fsp3) is 0.652. The molecule has 28 heavy (non-hydrogen) atoms. The van der Waals surface area contributed by atoms with Crippen LogP contribution in [-0.4, -0.2) is 37.4 Å². The van der Waals surface area contributed by atoms with Gasteiger partial charge < -0.3 is 15.0 Å². The lowest BCUT2D eigenvalue weighted by Crippen LogP contribution is -2.30. The highest BCUT2D eigenvalue weighted by atomic mass is 16.5. The number of amides is 2. The van der Waals surface area contributed by atoms with Crippen molar-refractivity contribution in [1.29, 1.82) is 0 Å². The predicted octanol–water partition coefficient (Wildman–Crippen LogP) is 4.47. The number of nitrogens with one attached hydrogen (secondary N) is 1. The van der Waals surface area contributed by atoms with Gasteiger partial charge in [-0.05, 0) is 31.2 Å². The van der Waals surface area contributed by atoms with Crippen LogP contribution >= 0.6 is 0 Å². The first-order chi connectivity index (χ1) is 13.5. The molecule has 1 aromatic carbocycles. The number of benzene rings is 1. The van der Waals surface area contributed by atoms with Crippen LogP contribution in [0.2, 0.25) is 0 Å². The molecule has 0 radical (unpaired) electrons. The van der Waals surface area contributed by atoms with Gasteiger partial charge in [-0.3, -0.25) is 9.59 Å². The van der Waals surface area contributed by atoms with E-state index in [0.29, 0.717) is 12.2 Å². The van der Waals surface area contributed by atoms with Gasteiger partial charge in [-0.25, -0.2) is 0 Å². The Kier molecular flexibility index (Phi) is 9.32. The van der Waals surface area contributed by atoms with E-state index in [2.05, 4.69) is 12.2 Å². The summed E-state index contributed by atoms with van der Waals surface area (Å²) >= 11 is 0. The van der Waals surface area contributed by atoms with Gasteiger partial charge in [0.2, 0.25) is 5.91 Å². The van der Waals surface area contributed by atoms with Crippen LogP contribution in [0.5, 0.6) is 5.75 Å². The Morgan fingerprint density at radius 3 is 2.57 bits per heavy atom. The summed E-state index contributed by atoms with van der Waals surface area (Å²) in [5.74, 6) is 1.48. The van der Waals surface area contributed by atoms with Gasteiger partial charge in [-0.1, -0.05) is 57.2 Å². The summed E-state index contributed by atoms with van der Waals surface area (Å²) < 4.78 is 5.74. The molecule has 0 bridgehead atoms. The van der Waals surface area contributed by atoms with Gasteiger partial charge in [0.25, 0.3) is 5.91 Å². The summed E-state index contributed by atoms with van der Waals surface area (Å²) in [6.07, 6.45) is 10.2. The van der Waals surface area contributed by atoms with Crippen molar-refractivity contribution in [3.8, 4) is 5.75 Å². The Labute approximate surface area is 169 Å². The average Bonchev–Trinajstić information content (AvgIpc) is 2.71. The number of nitrogens with zero attached hydrogens (tertiary/aromatic N) is 1. The highest BCUT2D eigenvalue weighted by Crippen LogP contribution is 2.29. The minimum absolute atomic E-state index is 0.00418. The number of ether oxygens (including phenoxy) is 1. The third kappa shape index (κ3) is 7.17. The molecule has 5 heteroatoms. The van der Waals surface area contributed by atoms with Crippen LogP contribution in [-0.2, 0) is 9.59 Å². The molecule has 0 aliphatic heterocycles. The number of hydrogen-bond acceptors (Lipinski definition) is 3. The lowest BCUT2D eigenvalue weighted by Gasteiger charge is -2.22. The zero-order valence-electron chi connectivity index (χ0n) is 17.7. The van der Waals surface area contributed by atoms with E-state index in [-0.39, 0.29) is 24.5 Å². The van der Waals surface area contributed by atoms with Crippen molar-refractivity contribution in [1.82, 2.24) is 10.2 Å². The SMILES string of the molecule is CCC(NC(=O)CCCC1CCCCC1)c1ccccc1OCC(=O)N(C)C. The molecular weight excluding hydrogens is 352 g/mol. The van der Waals surface area contributed by atoms with Crippen LogP contribution in [0.15, 0.2) is 24.3 Å². The van der Waals surface area contributed by atoms with Gasteiger partial charge in [0.05, 0.1) is 6.04 Å². The van der Waals surface area contributed by atoms with Crippen LogP contribution in [0.3, 0.4) is 0 Å². The highest BCUT2D eigenvalue weighted by molar-refractivity contribution is 5.77. The maximum Gasteiger partial charge on any atom is 0.259 e. The Hall–Kier alpha value is -2.04. The summed E-state index contributed by atoms with van der Waals surface area (Å²) in [5, 5.41) is 3.16. The predicted molar refractivity (Wildman–Crippen MR) is 112 cm³/mol. The molecule has 156 valence electrons. The van der Waals surface area contributed by atoms with E-state index >= 15 is 0 Å². The average molecular weight is 389 g/mol. The fourth-order valence-corrected chi connectivity index (χ4v) is 3.86. The largest absolute Gasteiger partial charge is 0.483 e. The molecule has 1 saturated carbocycles. The number of carbonyl (C=O) groups is 2. The molecule has 1 fully saturated rings. The summed E-state index contributed by atoms with van der Waals surface area (Å²) in [5.41, 5.74) is 0.928. The number of para-hydroxylation sites is 1. The van der Waals surface area contributed by atoms with Gasteiger partial charge in [-0.15, -0.1) is 0 Å². The first-order valence-electron chi connectivity index (χ1n) is 10.7. The van der Waals surface area contributed by atoms with Crippen LogP contribution in [0, 0.1) is 5.92 Å². The number of likely N-dealkylation sites (N-methyl/N-ethyl adjacent to an activating group) is 1. The van der Waals surface area contributed by atoms with Crippen molar-refractivity contribution in [2.45, 2.75) is 70.8 Å². The van der Waals surface area contributed by atoms with E-state index in [0.717, 1.165) is 30.7 Å². The van der Waals surface area contributed by atoms with Crippen LogP contribution < -0.4 is 10.1 Å². The van der Waals surface area contributed by atoms with Gasteiger partial charge in [-0.2, -0.15) is 0 Å². The summed E-state index contributed by atoms with van der Waals surface area (Å²) in [7, 11) is 3.42. The van der Waals surface area contributed by atoms with Gasteiger partial charge in [0, 0.05) is 26.1 Å². The molecular formula is C23H36N2O3. The second kappa shape index (κ2) is 11.7. The Bertz CT molecular complexity index is 624.